The van der Waals surface area contributed by atoms with Gasteiger partial charge >= 0.3 is 0 Å². The fraction of sp³-hybridized carbons (Fsp3) is 0.462. The Morgan fingerprint density at radius 3 is 2.76 bits per heavy atom. The first-order valence-electron chi connectivity index (χ1n) is 6.01. The molecule has 0 aliphatic heterocycles. The molecule has 0 bridgehead atoms. The Bertz CT molecular complexity index is 367. The van der Waals surface area contributed by atoms with Gasteiger partial charge in [0, 0.05) is 5.92 Å². The van der Waals surface area contributed by atoms with E-state index in [1.54, 1.807) is 0 Å². The van der Waals surface area contributed by atoms with Gasteiger partial charge in [0.1, 0.15) is 5.75 Å². The summed E-state index contributed by atoms with van der Waals surface area (Å²) in [6.07, 6.45) is 3.78. The minimum atomic E-state index is -0.0774. The van der Waals surface area contributed by atoms with Crippen LogP contribution in [0.25, 0.3) is 0 Å². The molecule has 0 unspecified atom stereocenters. The van der Waals surface area contributed by atoms with Crippen LogP contribution in [0.15, 0.2) is 30.3 Å². The third kappa shape index (κ3) is 3.20. The summed E-state index contributed by atoms with van der Waals surface area (Å²) in [4.78, 5) is 11.5. The molecule has 3 N–H and O–H groups in total. The van der Waals surface area contributed by atoms with Crippen LogP contribution in [0.5, 0.6) is 5.75 Å². The molecule has 1 aromatic rings. The van der Waals surface area contributed by atoms with Gasteiger partial charge in [0.2, 0.25) is 5.91 Å². The van der Waals surface area contributed by atoms with Crippen molar-refractivity contribution in [1.29, 1.82) is 0 Å². The van der Waals surface area contributed by atoms with E-state index in [1.807, 2.05) is 30.3 Å². The molecule has 1 saturated carbocycles. The number of hydrogen-bond donors (Lipinski definition) is 2. The molecular weight excluding hydrogens is 216 g/mol. The molecule has 0 aromatic heterocycles. The third-order valence-corrected chi connectivity index (χ3v) is 3.19. The van der Waals surface area contributed by atoms with Gasteiger partial charge < -0.3 is 4.74 Å². The Labute approximate surface area is 101 Å². The number of nitrogens with two attached hydrogens (primary N) is 1. The van der Waals surface area contributed by atoms with Crippen LogP contribution in [0.3, 0.4) is 0 Å². The van der Waals surface area contributed by atoms with Crippen LogP contribution >= 0.6 is 0 Å². The Hall–Kier alpha value is -1.55. The second-order valence-corrected chi connectivity index (χ2v) is 4.43. The van der Waals surface area contributed by atoms with E-state index in [1.165, 1.54) is 0 Å². The zero-order valence-corrected chi connectivity index (χ0v) is 9.76. The van der Waals surface area contributed by atoms with E-state index < -0.39 is 0 Å². The molecule has 1 aliphatic rings. The van der Waals surface area contributed by atoms with E-state index in [9.17, 15) is 4.79 Å². The molecule has 92 valence electrons. The summed E-state index contributed by atoms with van der Waals surface area (Å²) in [6, 6.07) is 9.72. The van der Waals surface area contributed by atoms with Gasteiger partial charge in [-0.05, 0) is 37.8 Å². The van der Waals surface area contributed by atoms with E-state index in [-0.39, 0.29) is 17.9 Å². The van der Waals surface area contributed by atoms with Crippen molar-refractivity contribution in [3.8, 4) is 5.75 Å². The van der Waals surface area contributed by atoms with Crippen molar-refractivity contribution in [3.63, 3.8) is 0 Å². The van der Waals surface area contributed by atoms with Crippen LogP contribution in [0.4, 0.5) is 0 Å². The maximum absolute atomic E-state index is 11.5. The molecule has 17 heavy (non-hydrogen) atoms. The summed E-state index contributed by atoms with van der Waals surface area (Å²) >= 11 is 0. The second-order valence-electron chi connectivity index (χ2n) is 4.43. The number of carbonyl (C=O) groups excluding carboxylic acids is 1. The van der Waals surface area contributed by atoms with Crippen LogP contribution in [-0.4, -0.2) is 12.0 Å². The highest BCUT2D eigenvalue weighted by Crippen LogP contribution is 2.27. The van der Waals surface area contributed by atoms with Crippen molar-refractivity contribution in [2.45, 2.75) is 31.8 Å². The Kier molecular flexibility index (Phi) is 3.98. The van der Waals surface area contributed by atoms with E-state index in [4.69, 9.17) is 10.6 Å². The molecule has 4 nitrogen and oxygen atoms in total. The number of nitrogens with one attached hydrogen (secondary N) is 1. The lowest BCUT2D eigenvalue weighted by atomic mass is 9.86. The lowest BCUT2D eigenvalue weighted by molar-refractivity contribution is -0.127. The number of amides is 1. The third-order valence-electron chi connectivity index (χ3n) is 3.19. The molecule has 2 atom stereocenters. The molecule has 0 spiro atoms. The molecule has 1 aromatic carbocycles. The van der Waals surface area contributed by atoms with Crippen molar-refractivity contribution < 1.29 is 9.53 Å². The number of para-hydroxylation sites is 1. The molecule has 1 amide bonds. The SMILES string of the molecule is NNC(=O)[C@H]1CCC[C@H](Oc2ccccc2)C1. The molecule has 1 aliphatic carbocycles. The van der Waals surface area contributed by atoms with Crippen molar-refractivity contribution in [3.05, 3.63) is 30.3 Å². The highest BCUT2D eigenvalue weighted by atomic mass is 16.5. The predicted molar refractivity (Wildman–Crippen MR) is 65.1 cm³/mol. The van der Waals surface area contributed by atoms with Gasteiger partial charge in [-0.25, -0.2) is 5.84 Å². The quantitative estimate of drug-likeness (QED) is 0.474. The van der Waals surface area contributed by atoms with Crippen LogP contribution in [0, 0.1) is 5.92 Å². The van der Waals surface area contributed by atoms with Crippen molar-refractivity contribution in [1.82, 2.24) is 5.43 Å². The molecule has 4 heteroatoms. The van der Waals surface area contributed by atoms with Gasteiger partial charge in [-0.2, -0.15) is 0 Å². The second kappa shape index (κ2) is 5.68. The monoisotopic (exact) mass is 234 g/mol. The van der Waals surface area contributed by atoms with Crippen molar-refractivity contribution >= 4 is 5.91 Å². The zero-order chi connectivity index (χ0) is 12.1. The maximum atomic E-state index is 11.5. The van der Waals surface area contributed by atoms with Crippen molar-refractivity contribution in [2.75, 3.05) is 0 Å². The van der Waals surface area contributed by atoms with Gasteiger partial charge in [0.05, 0.1) is 6.10 Å². The van der Waals surface area contributed by atoms with E-state index >= 15 is 0 Å². The smallest absolute Gasteiger partial charge is 0.237 e. The first kappa shape index (κ1) is 11.9. The van der Waals surface area contributed by atoms with Crippen LogP contribution in [-0.2, 0) is 4.79 Å². The molecular formula is C13H18N2O2. The highest BCUT2D eigenvalue weighted by molar-refractivity contribution is 5.78. The summed E-state index contributed by atoms with van der Waals surface area (Å²) in [7, 11) is 0. The average molecular weight is 234 g/mol. The zero-order valence-electron chi connectivity index (χ0n) is 9.76. The van der Waals surface area contributed by atoms with E-state index in [0.29, 0.717) is 0 Å². The summed E-state index contributed by atoms with van der Waals surface area (Å²) in [5, 5.41) is 0. The fourth-order valence-corrected chi connectivity index (χ4v) is 2.30. The molecule has 0 heterocycles. The number of benzene rings is 1. The number of carbonyl (C=O) groups is 1. The first-order chi connectivity index (χ1) is 8.29. The molecule has 2 rings (SSSR count). The topological polar surface area (TPSA) is 64.3 Å². The molecule has 1 fully saturated rings. The van der Waals surface area contributed by atoms with Crippen LogP contribution in [0.1, 0.15) is 25.7 Å². The predicted octanol–water partition coefficient (Wildman–Crippen LogP) is 1.61. The molecule has 0 saturated heterocycles. The summed E-state index contributed by atoms with van der Waals surface area (Å²) < 4.78 is 5.86. The van der Waals surface area contributed by atoms with Gasteiger partial charge in [-0.15, -0.1) is 0 Å². The van der Waals surface area contributed by atoms with Crippen LogP contribution in [0.2, 0.25) is 0 Å². The Balaban J connectivity index is 1.92. The Morgan fingerprint density at radius 2 is 2.06 bits per heavy atom. The van der Waals surface area contributed by atoms with Gasteiger partial charge in [-0.3, -0.25) is 10.2 Å². The lowest BCUT2D eigenvalue weighted by Crippen LogP contribution is -2.39. The normalized spacial score (nSPS) is 24.1. The van der Waals surface area contributed by atoms with Gasteiger partial charge in [-0.1, -0.05) is 18.2 Å². The van der Waals surface area contributed by atoms with E-state index in [2.05, 4.69) is 5.43 Å². The maximum Gasteiger partial charge on any atom is 0.237 e. The number of ether oxygens (including phenoxy) is 1. The average Bonchev–Trinajstić information content (AvgIpc) is 2.39. The highest BCUT2D eigenvalue weighted by Gasteiger charge is 2.27. The fourth-order valence-electron chi connectivity index (χ4n) is 2.30. The summed E-state index contributed by atoms with van der Waals surface area (Å²) in [6.45, 7) is 0. The minimum absolute atomic E-state index is 0.0116. The lowest BCUT2D eigenvalue weighted by Gasteiger charge is -2.28. The minimum Gasteiger partial charge on any atom is -0.490 e. The summed E-state index contributed by atoms with van der Waals surface area (Å²) in [5.41, 5.74) is 2.22. The number of hydrogen-bond acceptors (Lipinski definition) is 3. The van der Waals surface area contributed by atoms with E-state index in [0.717, 1.165) is 31.4 Å². The Morgan fingerprint density at radius 1 is 1.29 bits per heavy atom. The standard InChI is InChI=1S/C13H18N2O2/c14-15-13(16)10-5-4-8-12(9-10)17-11-6-2-1-3-7-11/h1-3,6-7,10,12H,4-5,8-9,14H2,(H,15,16)/t10-,12-/m0/s1. The van der Waals surface area contributed by atoms with Crippen LogP contribution < -0.4 is 16.0 Å². The molecule has 0 radical (unpaired) electrons. The summed E-state index contributed by atoms with van der Waals surface area (Å²) in [5.74, 6) is 5.94. The van der Waals surface area contributed by atoms with Gasteiger partial charge in [0.25, 0.3) is 0 Å². The number of rotatable bonds is 3. The largest absolute Gasteiger partial charge is 0.490 e. The number of hydrazine groups is 1. The van der Waals surface area contributed by atoms with Gasteiger partial charge in [0.15, 0.2) is 0 Å². The van der Waals surface area contributed by atoms with Crippen molar-refractivity contribution in [2.24, 2.45) is 11.8 Å². The first-order valence-corrected chi connectivity index (χ1v) is 6.01.